The molecular formula is C33H54N2O6. The van der Waals surface area contributed by atoms with Crippen molar-refractivity contribution in [1.29, 1.82) is 0 Å². The molecule has 1 aromatic carbocycles. The summed E-state index contributed by atoms with van der Waals surface area (Å²) in [5, 5.41) is 13.5. The van der Waals surface area contributed by atoms with Crippen molar-refractivity contribution in [1.82, 2.24) is 10.2 Å². The van der Waals surface area contributed by atoms with E-state index >= 15 is 0 Å². The van der Waals surface area contributed by atoms with Crippen LogP contribution >= 0.6 is 0 Å². The number of ketones is 1. The molecule has 8 nitrogen and oxygen atoms in total. The standard InChI is InChI=1S/C33H54N2O6/c1-9-22(4)32(23(5)27(36)18-21(2)3)29(41-8)20-31(38)35-17-13-16-26(35)28(40-7)19-30(37)34-24(6)33(39)25-14-11-10-12-15-25/h10-12,14-15,21-24,26,28-29,32-33,39H,9,13,16-20H2,1-8H3,(H,34,37)/t22-,23?,24+,26-,28+,29+,32+,33+/m0/s1. The zero-order chi connectivity index (χ0) is 30.7. The molecule has 2 rings (SSSR count). The molecule has 0 aliphatic carbocycles. The van der Waals surface area contributed by atoms with Crippen LogP contribution in [0, 0.1) is 23.7 Å². The molecular weight excluding hydrogens is 520 g/mol. The van der Waals surface area contributed by atoms with Crippen molar-refractivity contribution in [3.05, 3.63) is 35.9 Å². The van der Waals surface area contributed by atoms with Crippen molar-refractivity contribution in [3.8, 4) is 0 Å². The number of amides is 2. The van der Waals surface area contributed by atoms with Crippen LogP contribution in [0.5, 0.6) is 0 Å². The van der Waals surface area contributed by atoms with E-state index in [1.165, 1.54) is 0 Å². The third-order valence-corrected chi connectivity index (χ3v) is 8.84. The highest BCUT2D eigenvalue weighted by molar-refractivity contribution is 5.82. The molecule has 41 heavy (non-hydrogen) atoms. The number of hydrogen-bond acceptors (Lipinski definition) is 6. The zero-order valence-corrected chi connectivity index (χ0v) is 26.5. The molecule has 0 radical (unpaired) electrons. The molecule has 232 valence electrons. The molecule has 1 unspecified atom stereocenters. The Morgan fingerprint density at radius 1 is 1.00 bits per heavy atom. The number of methoxy groups -OCH3 is 2. The van der Waals surface area contributed by atoms with Crippen molar-refractivity contribution < 1.29 is 29.0 Å². The van der Waals surface area contributed by atoms with Crippen molar-refractivity contribution in [2.24, 2.45) is 23.7 Å². The number of rotatable bonds is 17. The third kappa shape index (κ3) is 9.90. The van der Waals surface area contributed by atoms with Gasteiger partial charge in [-0.05, 0) is 43.1 Å². The molecule has 0 saturated carbocycles. The summed E-state index contributed by atoms with van der Waals surface area (Å²) >= 11 is 0. The molecule has 1 heterocycles. The Morgan fingerprint density at radius 3 is 2.22 bits per heavy atom. The number of carbonyl (C=O) groups excluding carboxylic acids is 3. The number of ether oxygens (including phenoxy) is 2. The second kappa shape index (κ2) is 17.0. The van der Waals surface area contributed by atoms with Crippen LogP contribution in [0.15, 0.2) is 30.3 Å². The predicted octanol–water partition coefficient (Wildman–Crippen LogP) is 4.94. The van der Waals surface area contributed by atoms with E-state index in [0.717, 1.165) is 24.8 Å². The minimum atomic E-state index is -0.829. The van der Waals surface area contributed by atoms with Gasteiger partial charge in [-0.3, -0.25) is 14.4 Å². The Morgan fingerprint density at radius 2 is 1.66 bits per heavy atom. The second-order valence-corrected chi connectivity index (χ2v) is 12.3. The number of likely N-dealkylation sites (tertiary alicyclic amines) is 1. The van der Waals surface area contributed by atoms with Crippen molar-refractivity contribution in [2.75, 3.05) is 20.8 Å². The summed E-state index contributed by atoms with van der Waals surface area (Å²) in [5.74, 6) is 0.177. The first-order valence-corrected chi connectivity index (χ1v) is 15.3. The molecule has 0 bridgehead atoms. The fourth-order valence-corrected chi connectivity index (χ4v) is 6.30. The second-order valence-electron chi connectivity index (χ2n) is 12.3. The summed E-state index contributed by atoms with van der Waals surface area (Å²) < 4.78 is 11.7. The van der Waals surface area contributed by atoms with Crippen molar-refractivity contribution in [3.63, 3.8) is 0 Å². The summed E-state index contributed by atoms with van der Waals surface area (Å²) in [6.07, 6.45) is 1.57. The van der Waals surface area contributed by atoms with Gasteiger partial charge in [0.25, 0.3) is 0 Å². The average molecular weight is 575 g/mol. The van der Waals surface area contributed by atoms with Gasteiger partial charge < -0.3 is 24.8 Å². The lowest BCUT2D eigenvalue weighted by molar-refractivity contribution is -0.142. The largest absolute Gasteiger partial charge is 0.386 e. The van der Waals surface area contributed by atoms with E-state index in [9.17, 15) is 19.5 Å². The molecule has 1 fully saturated rings. The van der Waals surface area contributed by atoms with Crippen LogP contribution in [-0.2, 0) is 23.9 Å². The lowest BCUT2D eigenvalue weighted by atomic mass is 9.74. The van der Waals surface area contributed by atoms with Crippen LogP contribution in [0.4, 0.5) is 0 Å². The Kier molecular flexibility index (Phi) is 14.5. The SMILES string of the molecule is CC[C@H](C)[C@H](C(C)C(=O)CC(C)C)[C@@H](CC(=O)N1CCC[C@H]1[C@@H](CC(=O)N[C@H](C)[C@@H](O)c1ccccc1)OC)OC. The molecule has 1 saturated heterocycles. The summed E-state index contributed by atoms with van der Waals surface area (Å²) in [6, 6.07) is 8.52. The van der Waals surface area contributed by atoms with Gasteiger partial charge >= 0.3 is 0 Å². The fraction of sp³-hybridized carbons (Fsp3) is 0.727. The molecule has 1 aromatic rings. The third-order valence-electron chi connectivity index (χ3n) is 8.84. The van der Waals surface area contributed by atoms with Gasteiger partial charge in [-0.25, -0.2) is 0 Å². The van der Waals surface area contributed by atoms with Crippen LogP contribution in [0.25, 0.3) is 0 Å². The van der Waals surface area contributed by atoms with Crippen LogP contribution < -0.4 is 5.32 Å². The number of benzene rings is 1. The Hall–Kier alpha value is -2.29. The minimum Gasteiger partial charge on any atom is -0.386 e. The van der Waals surface area contributed by atoms with Crippen LogP contribution in [0.1, 0.15) is 91.7 Å². The summed E-state index contributed by atoms with van der Waals surface area (Å²) in [7, 11) is 3.20. The van der Waals surface area contributed by atoms with Gasteiger partial charge in [-0.1, -0.05) is 71.4 Å². The van der Waals surface area contributed by atoms with Gasteiger partial charge in [-0.15, -0.1) is 0 Å². The number of nitrogens with zero attached hydrogens (tertiary/aromatic N) is 1. The van der Waals surface area contributed by atoms with Crippen LogP contribution in [-0.4, -0.2) is 72.7 Å². The van der Waals surface area contributed by atoms with Gasteiger partial charge in [0.2, 0.25) is 11.8 Å². The normalized spacial score (nSPS) is 20.6. The number of Topliss-reactive ketones (excluding diaryl/α,β-unsaturated/α-hetero) is 1. The summed E-state index contributed by atoms with van der Waals surface area (Å²) in [4.78, 5) is 41.6. The quantitative estimate of drug-likeness (QED) is 0.273. The molecule has 8 heteroatoms. The van der Waals surface area contributed by atoms with E-state index in [1.54, 1.807) is 21.1 Å². The molecule has 2 N–H and O–H groups in total. The molecule has 1 aliphatic rings. The smallest absolute Gasteiger partial charge is 0.225 e. The topological polar surface area (TPSA) is 105 Å². The lowest BCUT2D eigenvalue weighted by Gasteiger charge is -2.37. The highest BCUT2D eigenvalue weighted by Crippen LogP contribution is 2.34. The van der Waals surface area contributed by atoms with Gasteiger partial charge in [0.05, 0.1) is 43.2 Å². The van der Waals surface area contributed by atoms with Crippen molar-refractivity contribution in [2.45, 2.75) is 110 Å². The average Bonchev–Trinajstić information content (AvgIpc) is 3.44. The van der Waals surface area contributed by atoms with E-state index in [-0.39, 0.29) is 66.3 Å². The molecule has 8 atom stereocenters. The molecule has 0 aromatic heterocycles. The number of nitrogens with one attached hydrogen (secondary N) is 1. The van der Waals surface area contributed by atoms with E-state index < -0.39 is 18.2 Å². The van der Waals surface area contributed by atoms with Crippen molar-refractivity contribution >= 4 is 17.6 Å². The molecule has 0 spiro atoms. The maximum absolute atomic E-state index is 13.7. The lowest BCUT2D eigenvalue weighted by Crippen LogP contribution is -2.48. The van der Waals surface area contributed by atoms with E-state index in [2.05, 4.69) is 19.2 Å². The van der Waals surface area contributed by atoms with Crippen LogP contribution in [0.3, 0.4) is 0 Å². The van der Waals surface area contributed by atoms with Crippen LogP contribution in [0.2, 0.25) is 0 Å². The number of aliphatic hydroxyl groups excluding tert-OH is 1. The van der Waals surface area contributed by atoms with Gasteiger partial charge in [0, 0.05) is 33.1 Å². The first kappa shape index (κ1) is 34.9. The first-order valence-electron chi connectivity index (χ1n) is 15.3. The fourth-order valence-electron chi connectivity index (χ4n) is 6.30. The predicted molar refractivity (Wildman–Crippen MR) is 161 cm³/mol. The Labute approximate surface area is 247 Å². The monoisotopic (exact) mass is 574 g/mol. The summed E-state index contributed by atoms with van der Waals surface area (Å²) in [6.45, 7) is 12.7. The Bertz CT molecular complexity index is 954. The number of aliphatic hydroxyl groups is 1. The van der Waals surface area contributed by atoms with Gasteiger partial charge in [-0.2, -0.15) is 0 Å². The van der Waals surface area contributed by atoms with E-state index in [4.69, 9.17) is 9.47 Å². The number of carbonyl (C=O) groups is 3. The van der Waals surface area contributed by atoms with E-state index in [0.29, 0.717) is 13.0 Å². The minimum absolute atomic E-state index is 0.0357. The summed E-state index contributed by atoms with van der Waals surface area (Å²) in [5.41, 5.74) is 0.736. The highest BCUT2D eigenvalue weighted by atomic mass is 16.5. The maximum atomic E-state index is 13.7. The highest BCUT2D eigenvalue weighted by Gasteiger charge is 2.40. The Balaban J connectivity index is 2.09. The van der Waals surface area contributed by atoms with Gasteiger partial charge in [0.1, 0.15) is 5.78 Å². The molecule has 2 amide bonds. The molecule has 1 aliphatic heterocycles. The first-order chi connectivity index (χ1) is 19.4. The van der Waals surface area contributed by atoms with Gasteiger partial charge in [0.15, 0.2) is 0 Å². The van der Waals surface area contributed by atoms with E-state index in [1.807, 2.05) is 56.0 Å². The number of hydrogen-bond donors (Lipinski definition) is 2. The zero-order valence-electron chi connectivity index (χ0n) is 26.5. The maximum Gasteiger partial charge on any atom is 0.225 e.